The largest absolute Gasteiger partial charge is 0.481 e. The SMILES string of the molecule is Cc1cc(OC(C)C(=O)N2CCCC(C)(C(=O)O)C2)ccc1Cl. The number of carboxylic acid groups (broad SMARTS) is 1. The first-order valence-corrected chi connectivity index (χ1v) is 8.06. The van der Waals surface area contributed by atoms with Crippen LogP contribution >= 0.6 is 11.6 Å². The molecule has 1 N–H and O–H groups in total. The fourth-order valence-electron chi connectivity index (χ4n) is 2.80. The van der Waals surface area contributed by atoms with Crippen LogP contribution in [-0.2, 0) is 9.59 Å². The van der Waals surface area contributed by atoms with E-state index in [1.807, 2.05) is 6.92 Å². The van der Waals surface area contributed by atoms with Gasteiger partial charge in [0.25, 0.3) is 5.91 Å². The molecule has 0 aromatic heterocycles. The topological polar surface area (TPSA) is 66.8 Å². The van der Waals surface area contributed by atoms with Crippen LogP contribution in [0.1, 0.15) is 32.3 Å². The first-order valence-electron chi connectivity index (χ1n) is 7.68. The van der Waals surface area contributed by atoms with Gasteiger partial charge in [-0.05, 0) is 57.4 Å². The highest BCUT2D eigenvalue weighted by molar-refractivity contribution is 6.31. The Hall–Kier alpha value is -1.75. The molecule has 1 saturated heterocycles. The Morgan fingerprint density at radius 2 is 2.13 bits per heavy atom. The molecule has 2 atom stereocenters. The average Bonchev–Trinajstić information content (AvgIpc) is 2.50. The number of likely N-dealkylation sites (tertiary alicyclic amines) is 1. The van der Waals surface area contributed by atoms with Crippen molar-refractivity contribution < 1.29 is 19.4 Å². The zero-order chi connectivity index (χ0) is 17.2. The van der Waals surface area contributed by atoms with Crippen molar-refractivity contribution in [2.45, 2.75) is 39.7 Å². The third-order valence-corrected chi connectivity index (χ3v) is 4.74. The standard InChI is InChI=1S/C17H22ClNO4/c1-11-9-13(5-6-14(11)18)23-12(2)15(20)19-8-4-7-17(3,10-19)16(21)22/h5-6,9,12H,4,7-8,10H2,1-3H3,(H,21,22). The second kappa shape index (κ2) is 6.79. The third kappa shape index (κ3) is 3.96. The fraction of sp³-hybridized carbons (Fsp3) is 0.529. The minimum atomic E-state index is -0.884. The second-order valence-corrected chi connectivity index (χ2v) is 6.81. The van der Waals surface area contributed by atoms with Crippen molar-refractivity contribution >= 4 is 23.5 Å². The van der Waals surface area contributed by atoms with Gasteiger partial charge in [-0.25, -0.2) is 0 Å². The lowest BCUT2D eigenvalue weighted by Gasteiger charge is -2.38. The van der Waals surface area contributed by atoms with Gasteiger partial charge in [-0.2, -0.15) is 0 Å². The summed E-state index contributed by atoms with van der Waals surface area (Å²) >= 11 is 5.98. The highest BCUT2D eigenvalue weighted by Crippen LogP contribution is 2.30. The molecule has 23 heavy (non-hydrogen) atoms. The van der Waals surface area contributed by atoms with E-state index < -0.39 is 17.5 Å². The summed E-state index contributed by atoms with van der Waals surface area (Å²) in [6.45, 7) is 6.01. The smallest absolute Gasteiger partial charge is 0.311 e. The van der Waals surface area contributed by atoms with Crippen LogP contribution in [0.4, 0.5) is 0 Å². The molecule has 126 valence electrons. The van der Waals surface area contributed by atoms with E-state index >= 15 is 0 Å². The summed E-state index contributed by atoms with van der Waals surface area (Å²) in [6.07, 6.45) is 0.589. The van der Waals surface area contributed by atoms with Crippen LogP contribution in [0.3, 0.4) is 0 Å². The van der Waals surface area contributed by atoms with E-state index in [1.165, 1.54) is 0 Å². The van der Waals surface area contributed by atoms with Gasteiger partial charge in [0.1, 0.15) is 5.75 Å². The number of ether oxygens (including phenoxy) is 1. The van der Waals surface area contributed by atoms with Gasteiger partial charge in [0.05, 0.1) is 5.41 Å². The van der Waals surface area contributed by atoms with Gasteiger partial charge in [-0.15, -0.1) is 0 Å². The van der Waals surface area contributed by atoms with Crippen molar-refractivity contribution in [2.75, 3.05) is 13.1 Å². The molecule has 6 heteroatoms. The molecule has 1 aliphatic heterocycles. The van der Waals surface area contributed by atoms with Gasteiger partial charge in [-0.1, -0.05) is 11.6 Å². The number of hydrogen-bond acceptors (Lipinski definition) is 3. The predicted octanol–water partition coefficient (Wildman–Crippen LogP) is 3.13. The zero-order valence-electron chi connectivity index (χ0n) is 13.6. The number of carbonyl (C=O) groups is 2. The molecule has 0 saturated carbocycles. The number of amides is 1. The monoisotopic (exact) mass is 339 g/mol. The molecule has 0 aliphatic carbocycles. The summed E-state index contributed by atoms with van der Waals surface area (Å²) < 4.78 is 5.70. The van der Waals surface area contributed by atoms with Gasteiger partial charge < -0.3 is 14.7 Å². The van der Waals surface area contributed by atoms with E-state index in [1.54, 1.807) is 36.9 Å². The maximum Gasteiger partial charge on any atom is 0.311 e. The minimum absolute atomic E-state index is 0.190. The maximum absolute atomic E-state index is 12.5. The highest BCUT2D eigenvalue weighted by atomic mass is 35.5. The van der Waals surface area contributed by atoms with Crippen LogP contribution in [0.15, 0.2) is 18.2 Å². The Balaban J connectivity index is 2.04. The lowest BCUT2D eigenvalue weighted by atomic mass is 9.82. The summed E-state index contributed by atoms with van der Waals surface area (Å²) in [6, 6.07) is 5.23. The maximum atomic E-state index is 12.5. The van der Waals surface area contributed by atoms with E-state index in [2.05, 4.69) is 0 Å². The lowest BCUT2D eigenvalue weighted by molar-refractivity contribution is -0.155. The van der Waals surface area contributed by atoms with Crippen molar-refractivity contribution in [1.82, 2.24) is 4.90 Å². The second-order valence-electron chi connectivity index (χ2n) is 6.40. The molecule has 0 bridgehead atoms. The van der Waals surface area contributed by atoms with Gasteiger partial charge in [0.15, 0.2) is 6.10 Å². The van der Waals surface area contributed by atoms with Crippen LogP contribution < -0.4 is 4.74 Å². The van der Waals surface area contributed by atoms with Gasteiger partial charge in [-0.3, -0.25) is 9.59 Å². The normalized spacial score (nSPS) is 22.5. The number of carbonyl (C=O) groups excluding carboxylic acids is 1. The van der Waals surface area contributed by atoms with Crippen LogP contribution in [0.25, 0.3) is 0 Å². The molecular formula is C17H22ClNO4. The van der Waals surface area contributed by atoms with Crippen molar-refractivity contribution in [1.29, 1.82) is 0 Å². The third-order valence-electron chi connectivity index (χ3n) is 4.31. The Labute approximate surface area is 141 Å². The molecule has 1 amide bonds. The Morgan fingerprint density at radius 3 is 2.74 bits per heavy atom. The lowest BCUT2D eigenvalue weighted by Crippen LogP contribution is -2.51. The molecule has 2 unspecified atom stereocenters. The van der Waals surface area contributed by atoms with Crippen LogP contribution in [-0.4, -0.2) is 41.1 Å². The molecule has 5 nitrogen and oxygen atoms in total. The molecule has 1 fully saturated rings. The van der Waals surface area contributed by atoms with Gasteiger partial charge >= 0.3 is 5.97 Å². The number of benzene rings is 1. The minimum Gasteiger partial charge on any atom is -0.481 e. The summed E-state index contributed by atoms with van der Waals surface area (Å²) in [5.74, 6) is -0.479. The van der Waals surface area contributed by atoms with Crippen molar-refractivity contribution in [2.24, 2.45) is 5.41 Å². The number of halogens is 1. The summed E-state index contributed by atoms with van der Waals surface area (Å²) in [7, 11) is 0. The molecule has 0 spiro atoms. The number of nitrogens with zero attached hydrogens (tertiary/aromatic N) is 1. The number of rotatable bonds is 4. The van der Waals surface area contributed by atoms with Gasteiger partial charge in [0, 0.05) is 18.1 Å². The van der Waals surface area contributed by atoms with E-state index in [-0.39, 0.29) is 12.5 Å². The molecule has 1 aromatic carbocycles. The van der Waals surface area contributed by atoms with Crippen LogP contribution in [0, 0.1) is 12.3 Å². The molecule has 2 rings (SSSR count). The van der Waals surface area contributed by atoms with Crippen molar-refractivity contribution in [3.63, 3.8) is 0 Å². The summed E-state index contributed by atoms with van der Waals surface area (Å²) in [5, 5.41) is 9.99. The number of carboxylic acids is 1. The summed E-state index contributed by atoms with van der Waals surface area (Å²) in [5.41, 5.74) is -0.00921. The van der Waals surface area contributed by atoms with Crippen molar-refractivity contribution in [3.05, 3.63) is 28.8 Å². The first-order chi connectivity index (χ1) is 10.7. The molecule has 1 aromatic rings. The van der Waals surface area contributed by atoms with E-state index in [4.69, 9.17) is 16.3 Å². The number of aryl methyl sites for hydroxylation is 1. The van der Waals surface area contributed by atoms with Crippen molar-refractivity contribution in [3.8, 4) is 5.75 Å². The predicted molar refractivity (Wildman–Crippen MR) is 87.8 cm³/mol. The van der Waals surface area contributed by atoms with Gasteiger partial charge in [0.2, 0.25) is 0 Å². The number of hydrogen-bond donors (Lipinski definition) is 1. The molecule has 1 aliphatic rings. The quantitative estimate of drug-likeness (QED) is 0.915. The van der Waals surface area contributed by atoms with Crippen LogP contribution in [0.2, 0.25) is 5.02 Å². The fourth-order valence-corrected chi connectivity index (χ4v) is 2.92. The van der Waals surface area contributed by atoms with E-state index in [0.717, 1.165) is 5.56 Å². The Bertz CT molecular complexity index is 619. The Morgan fingerprint density at radius 1 is 1.43 bits per heavy atom. The zero-order valence-corrected chi connectivity index (χ0v) is 14.4. The number of aliphatic carboxylic acids is 1. The highest BCUT2D eigenvalue weighted by Gasteiger charge is 2.40. The van der Waals surface area contributed by atoms with E-state index in [0.29, 0.717) is 30.2 Å². The Kier molecular flexibility index (Phi) is 5.19. The van der Waals surface area contributed by atoms with Crippen LogP contribution in [0.5, 0.6) is 5.75 Å². The van der Waals surface area contributed by atoms with E-state index in [9.17, 15) is 14.7 Å². The average molecular weight is 340 g/mol. The molecular weight excluding hydrogens is 318 g/mol. The molecule has 1 heterocycles. The molecule has 0 radical (unpaired) electrons. The number of piperidine rings is 1. The summed E-state index contributed by atoms with van der Waals surface area (Å²) in [4.78, 5) is 25.5. The first kappa shape index (κ1) is 17.6.